The van der Waals surface area contributed by atoms with E-state index in [-0.39, 0.29) is 5.25 Å². The lowest BCUT2D eigenvalue weighted by Gasteiger charge is -2.23. The van der Waals surface area contributed by atoms with E-state index in [1.54, 1.807) is 0 Å². The quantitative estimate of drug-likeness (QED) is 0.770. The fraction of sp³-hybridized carbons (Fsp3) is 0.571. The predicted molar refractivity (Wildman–Crippen MR) is 79.5 cm³/mol. The molecule has 2 rings (SSSR count). The van der Waals surface area contributed by atoms with E-state index in [9.17, 15) is 8.42 Å². The van der Waals surface area contributed by atoms with Gasteiger partial charge in [-0.15, -0.1) is 0 Å². The van der Waals surface area contributed by atoms with Crippen molar-refractivity contribution in [2.24, 2.45) is 0 Å². The fourth-order valence-corrected chi connectivity index (χ4v) is 3.68. The summed E-state index contributed by atoms with van der Waals surface area (Å²) in [6.07, 6.45) is 1.63. The predicted octanol–water partition coefficient (Wildman–Crippen LogP) is 1.05. The largest absolute Gasteiger partial charge is 0.492 e. The Morgan fingerprint density at radius 2 is 2.30 bits per heavy atom. The molecule has 1 aliphatic rings. The smallest absolute Gasteiger partial charge is 0.215 e. The van der Waals surface area contributed by atoms with E-state index in [1.165, 1.54) is 0 Å². The van der Waals surface area contributed by atoms with E-state index in [0.717, 1.165) is 30.7 Å². The Hall–Kier alpha value is -1.11. The Balaban J connectivity index is 1.75. The van der Waals surface area contributed by atoms with E-state index in [4.69, 9.17) is 4.74 Å². The van der Waals surface area contributed by atoms with Crippen LogP contribution in [0.5, 0.6) is 5.75 Å². The second-order valence-electron chi connectivity index (χ2n) is 5.07. The summed E-state index contributed by atoms with van der Waals surface area (Å²) in [6.45, 7) is 4.07. The number of hydrogen-bond acceptors (Lipinski definition) is 4. The zero-order valence-corrected chi connectivity index (χ0v) is 12.6. The van der Waals surface area contributed by atoms with Gasteiger partial charge in [-0.2, -0.15) is 0 Å². The second kappa shape index (κ2) is 7.06. The van der Waals surface area contributed by atoms with Crippen LogP contribution >= 0.6 is 0 Å². The first kappa shape index (κ1) is 15.3. The van der Waals surface area contributed by atoms with Gasteiger partial charge >= 0.3 is 0 Å². The maximum absolute atomic E-state index is 12.0. The Bertz CT molecular complexity index is 525. The van der Waals surface area contributed by atoms with Crippen LogP contribution in [0, 0.1) is 6.92 Å². The molecule has 6 heteroatoms. The number of hydrogen-bond donors (Lipinski definition) is 2. The third kappa shape index (κ3) is 4.47. The number of aryl methyl sites for hydroxylation is 1. The van der Waals surface area contributed by atoms with Crippen molar-refractivity contribution >= 4 is 10.0 Å². The van der Waals surface area contributed by atoms with Crippen molar-refractivity contribution in [2.75, 3.05) is 26.2 Å². The SMILES string of the molecule is Cc1cccc(OCCNS(=O)(=O)C2CCCNC2)c1. The number of piperidine rings is 1. The number of nitrogens with one attached hydrogen (secondary N) is 2. The van der Waals surface area contributed by atoms with Crippen LogP contribution in [-0.2, 0) is 10.0 Å². The van der Waals surface area contributed by atoms with Gasteiger partial charge in [-0.1, -0.05) is 12.1 Å². The first-order chi connectivity index (χ1) is 9.58. The van der Waals surface area contributed by atoms with Crippen LogP contribution in [0.15, 0.2) is 24.3 Å². The van der Waals surface area contributed by atoms with Crippen LogP contribution in [0.1, 0.15) is 18.4 Å². The molecule has 20 heavy (non-hydrogen) atoms. The molecular formula is C14H22N2O3S. The summed E-state index contributed by atoms with van der Waals surface area (Å²) in [5, 5.41) is 2.79. The standard InChI is InChI=1S/C14H22N2O3S/c1-12-4-2-5-13(10-12)19-9-8-16-20(17,18)14-6-3-7-15-11-14/h2,4-5,10,14-16H,3,6-9,11H2,1H3. The van der Waals surface area contributed by atoms with Crippen molar-refractivity contribution in [1.82, 2.24) is 10.0 Å². The molecular weight excluding hydrogens is 276 g/mol. The minimum absolute atomic E-state index is 0.298. The van der Waals surface area contributed by atoms with Gasteiger partial charge in [-0.05, 0) is 44.0 Å². The molecule has 1 aromatic rings. The van der Waals surface area contributed by atoms with Crippen molar-refractivity contribution in [1.29, 1.82) is 0 Å². The summed E-state index contributed by atoms with van der Waals surface area (Å²) in [5.41, 5.74) is 1.12. The van der Waals surface area contributed by atoms with Crippen LogP contribution in [0.3, 0.4) is 0 Å². The molecule has 0 amide bonds. The highest BCUT2D eigenvalue weighted by Crippen LogP contribution is 2.12. The molecule has 1 saturated heterocycles. The highest BCUT2D eigenvalue weighted by molar-refractivity contribution is 7.90. The summed E-state index contributed by atoms with van der Waals surface area (Å²) in [7, 11) is -3.24. The number of rotatable bonds is 6. The summed E-state index contributed by atoms with van der Waals surface area (Å²) in [5.74, 6) is 0.767. The molecule has 0 spiro atoms. The van der Waals surface area contributed by atoms with Crippen LogP contribution in [0.4, 0.5) is 0 Å². The Morgan fingerprint density at radius 3 is 3.00 bits per heavy atom. The molecule has 0 saturated carbocycles. The molecule has 1 fully saturated rings. The highest BCUT2D eigenvalue weighted by Gasteiger charge is 2.26. The van der Waals surface area contributed by atoms with Gasteiger partial charge in [-0.25, -0.2) is 13.1 Å². The van der Waals surface area contributed by atoms with Crippen LogP contribution in [0.2, 0.25) is 0 Å². The second-order valence-corrected chi connectivity index (χ2v) is 7.12. The zero-order valence-electron chi connectivity index (χ0n) is 11.8. The third-order valence-electron chi connectivity index (χ3n) is 3.35. The lowest BCUT2D eigenvalue weighted by molar-refractivity contribution is 0.322. The maximum Gasteiger partial charge on any atom is 0.215 e. The van der Waals surface area contributed by atoms with E-state index in [2.05, 4.69) is 10.0 Å². The maximum atomic E-state index is 12.0. The molecule has 0 aliphatic carbocycles. The van der Waals surface area contributed by atoms with Crippen molar-refractivity contribution in [3.05, 3.63) is 29.8 Å². The van der Waals surface area contributed by atoms with Gasteiger partial charge < -0.3 is 10.1 Å². The van der Waals surface area contributed by atoms with Gasteiger partial charge in [0.1, 0.15) is 12.4 Å². The van der Waals surface area contributed by atoms with Crippen LogP contribution in [0.25, 0.3) is 0 Å². The minimum atomic E-state index is -3.24. The monoisotopic (exact) mass is 298 g/mol. The van der Waals surface area contributed by atoms with Crippen molar-refractivity contribution in [3.8, 4) is 5.75 Å². The molecule has 5 nitrogen and oxygen atoms in total. The first-order valence-corrected chi connectivity index (χ1v) is 8.51. The summed E-state index contributed by atoms with van der Waals surface area (Å²) < 4.78 is 32.2. The third-order valence-corrected chi connectivity index (χ3v) is 5.24. The summed E-state index contributed by atoms with van der Waals surface area (Å²) in [4.78, 5) is 0. The normalized spacial score (nSPS) is 19.8. The molecule has 112 valence electrons. The lowest BCUT2D eigenvalue weighted by Crippen LogP contribution is -2.45. The van der Waals surface area contributed by atoms with E-state index in [0.29, 0.717) is 19.7 Å². The number of ether oxygens (including phenoxy) is 1. The molecule has 0 aromatic heterocycles. The van der Waals surface area contributed by atoms with Crippen molar-refractivity contribution in [2.45, 2.75) is 25.0 Å². The van der Waals surface area contributed by atoms with Crippen molar-refractivity contribution < 1.29 is 13.2 Å². The van der Waals surface area contributed by atoms with Gasteiger partial charge in [0.25, 0.3) is 0 Å². The molecule has 0 bridgehead atoms. The summed E-state index contributed by atoms with van der Waals surface area (Å²) >= 11 is 0. The Labute approximate surface area is 120 Å². The molecule has 1 heterocycles. The van der Waals surface area contributed by atoms with Gasteiger partial charge in [0, 0.05) is 13.1 Å². The minimum Gasteiger partial charge on any atom is -0.492 e. The fourth-order valence-electron chi connectivity index (χ4n) is 2.26. The average molecular weight is 298 g/mol. The van der Waals surface area contributed by atoms with Gasteiger partial charge in [-0.3, -0.25) is 0 Å². The molecule has 1 unspecified atom stereocenters. The highest BCUT2D eigenvalue weighted by atomic mass is 32.2. The molecule has 0 radical (unpaired) electrons. The van der Waals surface area contributed by atoms with Crippen molar-refractivity contribution in [3.63, 3.8) is 0 Å². The Morgan fingerprint density at radius 1 is 1.45 bits per heavy atom. The molecule has 1 atom stereocenters. The van der Waals surface area contributed by atoms with Gasteiger partial charge in [0.2, 0.25) is 10.0 Å². The van der Waals surface area contributed by atoms with Crippen LogP contribution < -0.4 is 14.8 Å². The average Bonchev–Trinajstić information content (AvgIpc) is 2.45. The number of benzene rings is 1. The topological polar surface area (TPSA) is 67.4 Å². The zero-order chi connectivity index (χ0) is 14.4. The molecule has 1 aliphatic heterocycles. The Kier molecular flexibility index (Phi) is 5.39. The van der Waals surface area contributed by atoms with E-state index < -0.39 is 10.0 Å². The first-order valence-electron chi connectivity index (χ1n) is 6.96. The van der Waals surface area contributed by atoms with Crippen LogP contribution in [-0.4, -0.2) is 39.9 Å². The number of sulfonamides is 1. The molecule has 1 aromatic carbocycles. The molecule has 2 N–H and O–H groups in total. The van der Waals surface area contributed by atoms with Gasteiger partial charge in [0.05, 0.1) is 5.25 Å². The van der Waals surface area contributed by atoms with Gasteiger partial charge in [0.15, 0.2) is 0 Å². The lowest BCUT2D eigenvalue weighted by atomic mass is 10.2. The summed E-state index contributed by atoms with van der Waals surface area (Å²) in [6, 6.07) is 7.71. The van der Waals surface area contributed by atoms with E-state index >= 15 is 0 Å². The van der Waals surface area contributed by atoms with E-state index in [1.807, 2.05) is 31.2 Å².